The van der Waals surface area contributed by atoms with Gasteiger partial charge in [-0.2, -0.15) is 0 Å². The molecule has 2 rings (SSSR count). The Morgan fingerprint density at radius 3 is 2.93 bits per heavy atom. The fourth-order valence-electron chi connectivity index (χ4n) is 1.44. The maximum Gasteiger partial charge on any atom is 0.136 e. The van der Waals surface area contributed by atoms with Gasteiger partial charge in [0.05, 0.1) is 18.2 Å². The SMILES string of the molecule is C#Cc1c(OC)ccc2cccnc12. The van der Waals surface area contributed by atoms with Crippen molar-refractivity contribution < 1.29 is 4.74 Å². The van der Waals surface area contributed by atoms with E-state index in [1.54, 1.807) is 13.3 Å². The van der Waals surface area contributed by atoms with Crippen molar-refractivity contribution in [1.82, 2.24) is 4.98 Å². The molecule has 0 radical (unpaired) electrons. The lowest BCUT2D eigenvalue weighted by atomic mass is 10.1. The number of terminal acetylenes is 1. The number of methoxy groups -OCH3 is 1. The minimum atomic E-state index is 0.693. The maximum absolute atomic E-state index is 5.42. The molecule has 0 aliphatic rings. The fourth-order valence-corrected chi connectivity index (χ4v) is 1.44. The standard InChI is InChI=1S/C12H9NO/c1-3-10-11(14-2)7-6-9-5-4-8-13-12(9)10/h1,4-8H,2H3. The first kappa shape index (κ1) is 8.58. The lowest BCUT2D eigenvalue weighted by Crippen LogP contribution is -1.90. The van der Waals surface area contributed by atoms with Gasteiger partial charge in [-0.3, -0.25) is 4.98 Å². The van der Waals surface area contributed by atoms with Crippen LogP contribution in [0.1, 0.15) is 5.56 Å². The van der Waals surface area contributed by atoms with E-state index in [2.05, 4.69) is 10.9 Å². The number of nitrogens with zero attached hydrogens (tertiary/aromatic N) is 1. The van der Waals surface area contributed by atoms with Crippen LogP contribution in [-0.2, 0) is 0 Å². The molecule has 0 saturated heterocycles. The van der Waals surface area contributed by atoms with Crippen molar-refractivity contribution in [3.05, 3.63) is 36.0 Å². The van der Waals surface area contributed by atoms with Crippen LogP contribution in [0.25, 0.3) is 10.9 Å². The third kappa shape index (κ3) is 1.20. The molecule has 2 heteroatoms. The molecule has 0 atom stereocenters. The third-order valence-electron chi connectivity index (χ3n) is 2.10. The lowest BCUT2D eigenvalue weighted by Gasteiger charge is -2.05. The van der Waals surface area contributed by atoms with E-state index in [1.165, 1.54) is 0 Å². The van der Waals surface area contributed by atoms with Crippen LogP contribution in [0, 0.1) is 12.3 Å². The van der Waals surface area contributed by atoms with Crippen LogP contribution in [0.15, 0.2) is 30.5 Å². The van der Waals surface area contributed by atoms with Crippen molar-refractivity contribution in [2.24, 2.45) is 0 Å². The predicted octanol–water partition coefficient (Wildman–Crippen LogP) is 2.22. The second-order valence-corrected chi connectivity index (χ2v) is 2.86. The Kier molecular flexibility index (Phi) is 2.08. The molecule has 68 valence electrons. The van der Waals surface area contributed by atoms with E-state index < -0.39 is 0 Å². The monoisotopic (exact) mass is 183 g/mol. The van der Waals surface area contributed by atoms with Gasteiger partial charge in [0.1, 0.15) is 5.75 Å². The molecule has 0 N–H and O–H groups in total. The first-order valence-electron chi connectivity index (χ1n) is 4.25. The summed E-state index contributed by atoms with van der Waals surface area (Å²) in [6, 6.07) is 7.67. The molecule has 14 heavy (non-hydrogen) atoms. The van der Waals surface area contributed by atoms with Crippen molar-refractivity contribution in [2.75, 3.05) is 7.11 Å². The largest absolute Gasteiger partial charge is 0.495 e. The number of pyridine rings is 1. The Morgan fingerprint density at radius 2 is 2.21 bits per heavy atom. The van der Waals surface area contributed by atoms with Gasteiger partial charge in [-0.15, -0.1) is 6.42 Å². The van der Waals surface area contributed by atoms with E-state index in [9.17, 15) is 0 Å². The molecule has 0 fully saturated rings. The molecular weight excluding hydrogens is 174 g/mol. The summed E-state index contributed by atoms with van der Waals surface area (Å²) >= 11 is 0. The quantitative estimate of drug-likeness (QED) is 0.632. The maximum atomic E-state index is 5.42. The summed E-state index contributed by atoms with van der Waals surface area (Å²) in [5, 5.41) is 1.03. The van der Waals surface area contributed by atoms with E-state index in [0.717, 1.165) is 10.9 Å². The summed E-state index contributed by atoms with van der Waals surface area (Å²) < 4.78 is 5.16. The molecule has 0 bridgehead atoms. The first-order valence-corrected chi connectivity index (χ1v) is 4.25. The molecular formula is C12H9NO. The smallest absolute Gasteiger partial charge is 0.136 e. The number of hydrogen-bond donors (Lipinski definition) is 0. The van der Waals surface area contributed by atoms with Gasteiger partial charge in [-0.25, -0.2) is 0 Å². The van der Waals surface area contributed by atoms with Crippen LogP contribution >= 0.6 is 0 Å². The molecule has 1 aromatic heterocycles. The highest BCUT2D eigenvalue weighted by molar-refractivity contribution is 5.86. The van der Waals surface area contributed by atoms with Gasteiger partial charge in [0.2, 0.25) is 0 Å². The number of fused-ring (bicyclic) bond motifs is 1. The second-order valence-electron chi connectivity index (χ2n) is 2.86. The molecule has 0 saturated carbocycles. The number of benzene rings is 1. The van der Waals surface area contributed by atoms with Gasteiger partial charge in [-0.05, 0) is 18.2 Å². The summed E-state index contributed by atoms with van der Waals surface area (Å²) in [7, 11) is 1.60. The van der Waals surface area contributed by atoms with Crippen molar-refractivity contribution >= 4 is 10.9 Å². The Labute approximate surface area is 82.5 Å². The van der Waals surface area contributed by atoms with Gasteiger partial charge in [0.25, 0.3) is 0 Å². The molecule has 0 spiro atoms. The average Bonchev–Trinajstić information content (AvgIpc) is 2.27. The van der Waals surface area contributed by atoms with Gasteiger partial charge < -0.3 is 4.74 Å². The highest BCUT2D eigenvalue weighted by Gasteiger charge is 2.05. The van der Waals surface area contributed by atoms with E-state index in [1.807, 2.05) is 24.3 Å². The van der Waals surface area contributed by atoms with Crippen LogP contribution in [0.5, 0.6) is 5.75 Å². The first-order chi connectivity index (χ1) is 6.86. The van der Waals surface area contributed by atoms with Crippen molar-refractivity contribution in [2.45, 2.75) is 0 Å². The van der Waals surface area contributed by atoms with Crippen LogP contribution in [-0.4, -0.2) is 12.1 Å². The summed E-state index contributed by atoms with van der Waals surface area (Å²) in [6.45, 7) is 0. The Hall–Kier alpha value is -2.01. The topological polar surface area (TPSA) is 22.1 Å². The van der Waals surface area contributed by atoms with Crippen LogP contribution < -0.4 is 4.74 Å². The van der Waals surface area contributed by atoms with Crippen molar-refractivity contribution in [3.63, 3.8) is 0 Å². The highest BCUT2D eigenvalue weighted by atomic mass is 16.5. The zero-order valence-corrected chi connectivity index (χ0v) is 7.82. The predicted molar refractivity (Wildman–Crippen MR) is 56.2 cm³/mol. The summed E-state index contributed by atoms with van der Waals surface area (Å²) in [5.41, 5.74) is 1.53. The molecule has 1 heterocycles. The Balaban J connectivity index is 2.85. The summed E-state index contributed by atoms with van der Waals surface area (Å²) in [4.78, 5) is 4.24. The number of ether oxygens (including phenoxy) is 1. The van der Waals surface area contributed by atoms with Crippen LogP contribution in [0.2, 0.25) is 0 Å². The third-order valence-corrected chi connectivity index (χ3v) is 2.10. The van der Waals surface area contributed by atoms with Gasteiger partial charge in [0, 0.05) is 11.6 Å². The zero-order valence-electron chi connectivity index (χ0n) is 7.82. The zero-order chi connectivity index (χ0) is 9.97. The molecule has 0 aliphatic heterocycles. The van der Waals surface area contributed by atoms with Gasteiger partial charge >= 0.3 is 0 Å². The van der Waals surface area contributed by atoms with Crippen molar-refractivity contribution in [1.29, 1.82) is 0 Å². The average molecular weight is 183 g/mol. The number of aromatic nitrogens is 1. The van der Waals surface area contributed by atoms with Gasteiger partial charge in [-0.1, -0.05) is 12.0 Å². The lowest BCUT2D eigenvalue weighted by molar-refractivity contribution is 0.414. The summed E-state index contributed by atoms with van der Waals surface area (Å²) in [6.07, 6.45) is 7.15. The Bertz CT molecular complexity index is 511. The number of hydrogen-bond acceptors (Lipinski definition) is 2. The van der Waals surface area contributed by atoms with E-state index >= 15 is 0 Å². The van der Waals surface area contributed by atoms with E-state index in [0.29, 0.717) is 11.3 Å². The van der Waals surface area contributed by atoms with E-state index in [-0.39, 0.29) is 0 Å². The molecule has 0 unspecified atom stereocenters. The van der Waals surface area contributed by atoms with E-state index in [4.69, 9.17) is 11.2 Å². The molecule has 2 aromatic rings. The summed E-state index contributed by atoms with van der Waals surface area (Å²) in [5.74, 6) is 3.30. The Morgan fingerprint density at radius 1 is 1.36 bits per heavy atom. The molecule has 0 aliphatic carbocycles. The molecule has 1 aromatic carbocycles. The van der Waals surface area contributed by atoms with Crippen molar-refractivity contribution in [3.8, 4) is 18.1 Å². The minimum absolute atomic E-state index is 0.693. The minimum Gasteiger partial charge on any atom is -0.495 e. The molecule has 2 nitrogen and oxygen atoms in total. The normalized spacial score (nSPS) is 9.71. The second kappa shape index (κ2) is 3.39. The highest BCUT2D eigenvalue weighted by Crippen LogP contribution is 2.24. The van der Waals surface area contributed by atoms with Crippen LogP contribution in [0.3, 0.4) is 0 Å². The fraction of sp³-hybridized carbons (Fsp3) is 0.0833. The van der Waals surface area contributed by atoms with Gasteiger partial charge in [0.15, 0.2) is 0 Å². The molecule has 0 amide bonds. The van der Waals surface area contributed by atoms with Crippen LogP contribution in [0.4, 0.5) is 0 Å². The number of rotatable bonds is 1.